The van der Waals surface area contributed by atoms with Crippen molar-refractivity contribution in [2.24, 2.45) is 0 Å². The summed E-state index contributed by atoms with van der Waals surface area (Å²) in [5.41, 5.74) is 7.48. The number of rotatable bonds is 4. The van der Waals surface area contributed by atoms with Gasteiger partial charge in [0.05, 0.1) is 16.6 Å². The van der Waals surface area contributed by atoms with Crippen LogP contribution < -0.4 is 11.1 Å². The fourth-order valence-electron chi connectivity index (χ4n) is 1.80. The van der Waals surface area contributed by atoms with E-state index in [9.17, 15) is 10.1 Å². The molecule has 0 amide bonds. The molecule has 100 valence electrons. The fourth-order valence-corrected chi connectivity index (χ4v) is 1.80. The zero-order valence-corrected chi connectivity index (χ0v) is 10.5. The molecule has 0 saturated heterocycles. The number of nitrogens with two attached hydrogens (primary N) is 1. The minimum absolute atomic E-state index is 0.124. The van der Waals surface area contributed by atoms with Crippen LogP contribution in [-0.2, 0) is 6.54 Å². The first-order valence-electron chi connectivity index (χ1n) is 5.87. The van der Waals surface area contributed by atoms with Gasteiger partial charge in [0, 0.05) is 6.54 Å². The Balaban J connectivity index is 2.16. The van der Waals surface area contributed by atoms with E-state index in [0.717, 1.165) is 5.56 Å². The summed E-state index contributed by atoms with van der Waals surface area (Å²) < 4.78 is 0. The Morgan fingerprint density at radius 2 is 1.95 bits per heavy atom. The highest BCUT2D eigenvalue weighted by atomic mass is 16.6. The highest BCUT2D eigenvalue weighted by Crippen LogP contribution is 2.30. The molecule has 0 heterocycles. The van der Waals surface area contributed by atoms with Crippen molar-refractivity contribution in [3.8, 4) is 6.07 Å². The maximum Gasteiger partial charge on any atom is 0.314 e. The zero-order chi connectivity index (χ0) is 14.5. The molecular weight excluding hydrogens is 256 g/mol. The average Bonchev–Trinajstić information content (AvgIpc) is 2.45. The molecule has 2 rings (SSSR count). The second-order valence-corrected chi connectivity index (χ2v) is 4.16. The van der Waals surface area contributed by atoms with Crippen LogP contribution in [0.5, 0.6) is 0 Å². The number of hydrogen-bond donors (Lipinski definition) is 2. The predicted molar refractivity (Wildman–Crippen MR) is 76.0 cm³/mol. The second kappa shape index (κ2) is 5.71. The van der Waals surface area contributed by atoms with E-state index in [2.05, 4.69) is 5.32 Å². The van der Waals surface area contributed by atoms with E-state index < -0.39 is 4.92 Å². The number of nitrogens with zero attached hydrogens (tertiary/aromatic N) is 2. The van der Waals surface area contributed by atoms with E-state index >= 15 is 0 Å². The number of nitriles is 1. The lowest BCUT2D eigenvalue weighted by atomic mass is 10.1. The SMILES string of the molecule is N#Cc1ccc(CNc2cccc(N)c2[N+](=O)[O-])cc1. The molecule has 0 unspecified atom stereocenters. The van der Waals surface area contributed by atoms with Crippen LogP contribution in [-0.4, -0.2) is 4.92 Å². The van der Waals surface area contributed by atoms with Gasteiger partial charge in [0.25, 0.3) is 0 Å². The van der Waals surface area contributed by atoms with Gasteiger partial charge in [-0.1, -0.05) is 18.2 Å². The number of benzene rings is 2. The molecule has 0 radical (unpaired) electrons. The van der Waals surface area contributed by atoms with Crippen molar-refractivity contribution in [3.05, 3.63) is 63.7 Å². The average molecular weight is 268 g/mol. The van der Waals surface area contributed by atoms with E-state index in [1.54, 1.807) is 36.4 Å². The number of anilines is 2. The predicted octanol–water partition coefficient (Wildman–Crippen LogP) is 2.66. The monoisotopic (exact) mass is 268 g/mol. The number of hydrogen-bond acceptors (Lipinski definition) is 5. The zero-order valence-electron chi connectivity index (χ0n) is 10.5. The minimum Gasteiger partial charge on any atom is -0.393 e. The smallest absolute Gasteiger partial charge is 0.314 e. The first-order valence-corrected chi connectivity index (χ1v) is 5.87. The van der Waals surface area contributed by atoms with Crippen molar-refractivity contribution in [3.63, 3.8) is 0 Å². The quantitative estimate of drug-likeness (QED) is 0.504. The summed E-state index contributed by atoms with van der Waals surface area (Å²) >= 11 is 0. The molecule has 2 aromatic carbocycles. The summed E-state index contributed by atoms with van der Waals surface area (Å²) in [5.74, 6) is 0. The van der Waals surface area contributed by atoms with Crippen molar-refractivity contribution in [2.75, 3.05) is 11.1 Å². The fraction of sp³-hybridized carbons (Fsp3) is 0.0714. The Hall–Kier alpha value is -3.07. The van der Waals surface area contributed by atoms with Crippen molar-refractivity contribution in [1.82, 2.24) is 0 Å². The molecule has 0 aliphatic carbocycles. The van der Waals surface area contributed by atoms with Crippen LogP contribution >= 0.6 is 0 Å². The number of nitro groups is 1. The van der Waals surface area contributed by atoms with Gasteiger partial charge in [-0.2, -0.15) is 5.26 Å². The molecule has 0 spiro atoms. The summed E-state index contributed by atoms with van der Waals surface area (Å²) in [4.78, 5) is 10.5. The summed E-state index contributed by atoms with van der Waals surface area (Å²) in [6.07, 6.45) is 0. The Labute approximate surface area is 115 Å². The normalized spacial score (nSPS) is 9.75. The molecule has 0 saturated carbocycles. The summed E-state index contributed by atoms with van der Waals surface area (Å²) in [5, 5.41) is 22.7. The van der Waals surface area contributed by atoms with Crippen molar-refractivity contribution >= 4 is 17.1 Å². The van der Waals surface area contributed by atoms with Gasteiger partial charge in [-0.25, -0.2) is 0 Å². The van der Waals surface area contributed by atoms with Gasteiger partial charge < -0.3 is 11.1 Å². The minimum atomic E-state index is -0.504. The molecule has 0 bridgehead atoms. The second-order valence-electron chi connectivity index (χ2n) is 4.16. The third-order valence-corrected chi connectivity index (χ3v) is 2.82. The third kappa shape index (κ3) is 2.84. The van der Waals surface area contributed by atoms with Gasteiger partial charge in [0.1, 0.15) is 11.4 Å². The number of nitrogens with one attached hydrogen (secondary N) is 1. The van der Waals surface area contributed by atoms with Gasteiger partial charge >= 0.3 is 5.69 Å². The van der Waals surface area contributed by atoms with Crippen LogP contribution in [0.3, 0.4) is 0 Å². The van der Waals surface area contributed by atoms with Crippen molar-refractivity contribution < 1.29 is 4.92 Å². The van der Waals surface area contributed by atoms with Crippen LogP contribution in [0.4, 0.5) is 17.1 Å². The lowest BCUT2D eigenvalue weighted by Crippen LogP contribution is -2.04. The molecule has 0 aromatic heterocycles. The topological polar surface area (TPSA) is 105 Å². The summed E-state index contributed by atoms with van der Waals surface area (Å²) in [6, 6.07) is 13.8. The third-order valence-electron chi connectivity index (χ3n) is 2.82. The standard InChI is InChI=1S/C14H12N4O2/c15-8-10-4-6-11(7-5-10)9-17-13-3-1-2-12(16)14(13)18(19)20/h1-7,17H,9,16H2. The highest BCUT2D eigenvalue weighted by Gasteiger charge is 2.17. The molecular formula is C14H12N4O2. The number of nitrogen functional groups attached to an aromatic ring is 1. The summed E-state index contributed by atoms with van der Waals surface area (Å²) in [7, 11) is 0. The lowest BCUT2D eigenvalue weighted by molar-refractivity contribution is -0.383. The molecule has 20 heavy (non-hydrogen) atoms. The van der Waals surface area contributed by atoms with E-state index in [-0.39, 0.29) is 11.4 Å². The van der Waals surface area contributed by atoms with Gasteiger partial charge in [-0.05, 0) is 29.8 Å². The summed E-state index contributed by atoms with van der Waals surface area (Å²) in [6.45, 7) is 0.413. The molecule has 0 fully saturated rings. The van der Waals surface area contributed by atoms with Gasteiger partial charge in [0.2, 0.25) is 0 Å². The highest BCUT2D eigenvalue weighted by molar-refractivity contribution is 5.74. The van der Waals surface area contributed by atoms with Crippen LogP contribution in [0.2, 0.25) is 0 Å². The Kier molecular flexibility index (Phi) is 3.82. The molecule has 0 atom stereocenters. The Morgan fingerprint density at radius 3 is 2.55 bits per heavy atom. The van der Waals surface area contributed by atoms with Gasteiger partial charge in [0.15, 0.2) is 0 Å². The van der Waals surface area contributed by atoms with Crippen LogP contribution in [0.25, 0.3) is 0 Å². The number of para-hydroxylation sites is 1. The lowest BCUT2D eigenvalue weighted by Gasteiger charge is -2.08. The Bertz CT molecular complexity index is 675. The largest absolute Gasteiger partial charge is 0.393 e. The Morgan fingerprint density at radius 1 is 1.25 bits per heavy atom. The maximum absolute atomic E-state index is 11.0. The van der Waals surface area contributed by atoms with E-state index in [1.165, 1.54) is 6.07 Å². The van der Waals surface area contributed by atoms with Crippen LogP contribution in [0, 0.1) is 21.4 Å². The molecule has 0 aliphatic heterocycles. The molecule has 6 heteroatoms. The van der Waals surface area contributed by atoms with Crippen molar-refractivity contribution in [1.29, 1.82) is 5.26 Å². The molecule has 0 aliphatic rings. The maximum atomic E-state index is 11.0. The van der Waals surface area contributed by atoms with E-state index in [0.29, 0.717) is 17.8 Å². The molecule has 2 aromatic rings. The first-order chi connectivity index (χ1) is 9.61. The van der Waals surface area contributed by atoms with Crippen LogP contribution in [0.1, 0.15) is 11.1 Å². The molecule has 3 N–H and O–H groups in total. The van der Waals surface area contributed by atoms with E-state index in [4.69, 9.17) is 11.0 Å². The van der Waals surface area contributed by atoms with Crippen molar-refractivity contribution in [2.45, 2.75) is 6.54 Å². The van der Waals surface area contributed by atoms with Gasteiger partial charge in [-0.3, -0.25) is 10.1 Å². The molecule has 6 nitrogen and oxygen atoms in total. The first kappa shape index (κ1) is 13.4. The van der Waals surface area contributed by atoms with Crippen LogP contribution in [0.15, 0.2) is 42.5 Å². The van der Waals surface area contributed by atoms with Gasteiger partial charge in [-0.15, -0.1) is 0 Å². The number of nitro benzene ring substituents is 1. The van der Waals surface area contributed by atoms with E-state index in [1.807, 2.05) is 6.07 Å².